The van der Waals surface area contributed by atoms with E-state index in [4.69, 9.17) is 0 Å². The van der Waals surface area contributed by atoms with Crippen molar-refractivity contribution in [2.45, 2.75) is 20.0 Å². The Morgan fingerprint density at radius 2 is 1.93 bits per heavy atom. The van der Waals surface area contributed by atoms with Crippen molar-refractivity contribution in [3.05, 3.63) is 80.9 Å². The number of nitro benzene ring substituents is 1. The van der Waals surface area contributed by atoms with E-state index in [9.17, 15) is 19.7 Å². The predicted molar refractivity (Wildman–Crippen MR) is 112 cm³/mol. The van der Waals surface area contributed by atoms with Gasteiger partial charge in [-0.25, -0.2) is 0 Å². The fourth-order valence-electron chi connectivity index (χ4n) is 3.38. The normalized spacial score (nSPS) is 15.6. The average Bonchev–Trinajstić information content (AvgIpc) is 3.21. The number of aromatic nitrogens is 1. The number of imide groups is 1. The molecule has 0 atom stereocenters. The molecule has 7 nitrogen and oxygen atoms in total. The molecule has 2 heterocycles. The molecule has 0 spiro atoms. The Labute approximate surface area is 170 Å². The maximum Gasteiger partial charge on any atom is 0.293 e. The number of non-ortho nitro benzene ring substituents is 1. The zero-order valence-corrected chi connectivity index (χ0v) is 16.4. The van der Waals surface area contributed by atoms with Crippen LogP contribution in [0.2, 0.25) is 0 Å². The van der Waals surface area contributed by atoms with Gasteiger partial charge in [-0.05, 0) is 36.4 Å². The number of carbonyl (C=O) groups excluding carboxylic acids is 2. The number of aryl methyl sites for hydroxylation is 1. The highest BCUT2D eigenvalue weighted by molar-refractivity contribution is 8.18. The lowest BCUT2D eigenvalue weighted by molar-refractivity contribution is -0.384. The number of thioether (sulfide) groups is 1. The first-order chi connectivity index (χ1) is 14.0. The predicted octanol–water partition coefficient (Wildman–Crippen LogP) is 4.81. The van der Waals surface area contributed by atoms with Crippen molar-refractivity contribution < 1.29 is 14.5 Å². The van der Waals surface area contributed by atoms with Gasteiger partial charge in [0, 0.05) is 41.3 Å². The Morgan fingerprint density at radius 1 is 1.14 bits per heavy atom. The van der Waals surface area contributed by atoms with Crippen molar-refractivity contribution in [2.75, 3.05) is 0 Å². The largest absolute Gasteiger partial charge is 0.347 e. The van der Waals surface area contributed by atoms with Gasteiger partial charge in [0.05, 0.1) is 16.4 Å². The third-order valence-corrected chi connectivity index (χ3v) is 5.69. The topological polar surface area (TPSA) is 85.4 Å². The second-order valence-electron chi connectivity index (χ2n) is 6.58. The quantitative estimate of drug-likeness (QED) is 0.344. The number of nitrogens with zero attached hydrogens (tertiary/aromatic N) is 3. The summed E-state index contributed by atoms with van der Waals surface area (Å²) in [5, 5.41) is 11.6. The van der Waals surface area contributed by atoms with Gasteiger partial charge < -0.3 is 4.57 Å². The molecule has 0 saturated carbocycles. The summed E-state index contributed by atoms with van der Waals surface area (Å²) >= 11 is 0.887. The van der Waals surface area contributed by atoms with Crippen molar-refractivity contribution >= 4 is 45.6 Å². The maximum absolute atomic E-state index is 12.8. The van der Waals surface area contributed by atoms with E-state index in [0.717, 1.165) is 39.7 Å². The second kappa shape index (κ2) is 7.56. The smallest absolute Gasteiger partial charge is 0.293 e. The van der Waals surface area contributed by atoms with Crippen LogP contribution < -0.4 is 0 Å². The van der Waals surface area contributed by atoms with E-state index in [1.807, 2.05) is 37.4 Å². The van der Waals surface area contributed by atoms with Crippen molar-refractivity contribution in [3.63, 3.8) is 0 Å². The van der Waals surface area contributed by atoms with E-state index in [0.29, 0.717) is 10.5 Å². The number of hydrogen-bond acceptors (Lipinski definition) is 5. The Balaban J connectivity index is 1.63. The molecule has 4 rings (SSSR count). The van der Waals surface area contributed by atoms with Crippen LogP contribution in [-0.4, -0.2) is 25.5 Å². The first-order valence-corrected chi connectivity index (χ1v) is 9.86. The van der Waals surface area contributed by atoms with E-state index in [-0.39, 0.29) is 23.4 Å². The van der Waals surface area contributed by atoms with Crippen LogP contribution in [-0.2, 0) is 17.9 Å². The van der Waals surface area contributed by atoms with E-state index in [1.165, 1.54) is 12.1 Å². The minimum absolute atomic E-state index is 0.000403. The van der Waals surface area contributed by atoms with Gasteiger partial charge in [0.25, 0.3) is 16.8 Å². The average molecular weight is 407 g/mol. The fourth-order valence-corrected chi connectivity index (χ4v) is 4.21. The van der Waals surface area contributed by atoms with Gasteiger partial charge in [0.2, 0.25) is 0 Å². The molecule has 1 aromatic heterocycles. The summed E-state index contributed by atoms with van der Waals surface area (Å²) in [7, 11) is 0. The fraction of sp³-hybridized carbons (Fsp3) is 0.143. The van der Waals surface area contributed by atoms with Crippen molar-refractivity contribution in [2.24, 2.45) is 0 Å². The van der Waals surface area contributed by atoms with E-state index < -0.39 is 4.92 Å². The SMILES string of the molecule is CCn1cc(/C=C2/SC(=O)N(Cc3cccc([N+](=O)[O-])c3)C2=O)c2ccccc21. The van der Waals surface area contributed by atoms with Crippen LogP contribution in [0.5, 0.6) is 0 Å². The second-order valence-corrected chi connectivity index (χ2v) is 7.58. The van der Waals surface area contributed by atoms with Gasteiger partial charge in [-0.1, -0.05) is 30.3 Å². The van der Waals surface area contributed by atoms with Crippen molar-refractivity contribution in [3.8, 4) is 0 Å². The number of para-hydroxylation sites is 1. The first-order valence-electron chi connectivity index (χ1n) is 9.04. The molecule has 0 aliphatic carbocycles. The number of rotatable bonds is 5. The first kappa shape index (κ1) is 18.9. The van der Waals surface area contributed by atoms with Crippen LogP contribution in [0, 0.1) is 10.1 Å². The molecule has 0 radical (unpaired) electrons. The molecule has 0 N–H and O–H groups in total. The summed E-state index contributed by atoms with van der Waals surface area (Å²) in [4.78, 5) is 37.2. The standard InChI is InChI=1S/C21H17N3O4S/c1-2-22-13-15(17-8-3-4-9-18(17)22)11-19-20(25)23(21(26)29-19)12-14-6-5-7-16(10-14)24(27)28/h3-11,13H,2,12H2,1H3/b19-11+. The van der Waals surface area contributed by atoms with Gasteiger partial charge in [-0.2, -0.15) is 0 Å². The number of fused-ring (bicyclic) bond motifs is 1. The van der Waals surface area contributed by atoms with Crippen LogP contribution >= 0.6 is 11.8 Å². The lowest BCUT2D eigenvalue weighted by Crippen LogP contribution is -2.27. The monoisotopic (exact) mass is 407 g/mol. The molecule has 2 aromatic carbocycles. The summed E-state index contributed by atoms with van der Waals surface area (Å²) in [6, 6.07) is 13.9. The van der Waals surface area contributed by atoms with Gasteiger partial charge in [0.15, 0.2) is 0 Å². The zero-order valence-electron chi connectivity index (χ0n) is 15.6. The maximum atomic E-state index is 12.8. The molecule has 2 amide bonds. The van der Waals surface area contributed by atoms with Crippen LogP contribution in [0.25, 0.3) is 17.0 Å². The Kier molecular flexibility index (Phi) is 4.94. The van der Waals surface area contributed by atoms with Crippen molar-refractivity contribution in [1.82, 2.24) is 9.47 Å². The molecule has 8 heteroatoms. The molecule has 1 aliphatic rings. The molecule has 146 valence electrons. The third kappa shape index (κ3) is 3.54. The summed E-state index contributed by atoms with van der Waals surface area (Å²) < 4.78 is 2.09. The van der Waals surface area contributed by atoms with Crippen LogP contribution in [0.15, 0.2) is 59.6 Å². The van der Waals surface area contributed by atoms with Crippen LogP contribution in [0.1, 0.15) is 18.1 Å². The molecule has 0 unspecified atom stereocenters. The third-order valence-electron chi connectivity index (χ3n) is 4.78. The molecule has 1 fully saturated rings. The van der Waals surface area contributed by atoms with Crippen molar-refractivity contribution in [1.29, 1.82) is 0 Å². The van der Waals surface area contributed by atoms with E-state index in [1.54, 1.807) is 18.2 Å². The summed E-state index contributed by atoms with van der Waals surface area (Å²) in [5.41, 5.74) is 2.41. The Bertz CT molecular complexity index is 1180. The number of benzene rings is 2. The molecule has 0 bridgehead atoms. The number of amides is 2. The number of hydrogen-bond donors (Lipinski definition) is 0. The minimum atomic E-state index is -0.499. The molecule has 29 heavy (non-hydrogen) atoms. The number of nitro groups is 1. The molecule has 1 aliphatic heterocycles. The number of carbonyl (C=O) groups is 2. The highest BCUT2D eigenvalue weighted by Crippen LogP contribution is 2.35. The molecular weight excluding hydrogens is 390 g/mol. The molecule has 3 aromatic rings. The summed E-state index contributed by atoms with van der Waals surface area (Å²) in [6.07, 6.45) is 3.71. The lowest BCUT2D eigenvalue weighted by Gasteiger charge is -2.12. The van der Waals surface area contributed by atoms with Gasteiger partial charge in [-0.3, -0.25) is 24.6 Å². The van der Waals surface area contributed by atoms with Crippen LogP contribution in [0.4, 0.5) is 10.5 Å². The highest BCUT2D eigenvalue weighted by Gasteiger charge is 2.35. The Morgan fingerprint density at radius 3 is 2.69 bits per heavy atom. The van der Waals surface area contributed by atoms with Crippen LogP contribution in [0.3, 0.4) is 0 Å². The minimum Gasteiger partial charge on any atom is -0.347 e. The Hall–Kier alpha value is -3.39. The lowest BCUT2D eigenvalue weighted by atomic mass is 10.1. The summed E-state index contributed by atoms with van der Waals surface area (Å²) in [5.74, 6) is -0.389. The van der Waals surface area contributed by atoms with Gasteiger partial charge >= 0.3 is 0 Å². The van der Waals surface area contributed by atoms with E-state index in [2.05, 4.69) is 4.57 Å². The highest BCUT2D eigenvalue weighted by atomic mass is 32.2. The summed E-state index contributed by atoms with van der Waals surface area (Å²) in [6.45, 7) is 2.84. The molecular formula is C21H17N3O4S. The zero-order chi connectivity index (χ0) is 20.5. The van der Waals surface area contributed by atoms with E-state index >= 15 is 0 Å². The molecule has 1 saturated heterocycles. The van der Waals surface area contributed by atoms with Gasteiger partial charge in [-0.15, -0.1) is 0 Å². The van der Waals surface area contributed by atoms with Gasteiger partial charge in [0.1, 0.15) is 0 Å².